The molecule has 9 amide bonds. The number of aliphatic hydroxyl groups is 1. The molecule has 0 unspecified atom stereocenters. The first-order chi connectivity index (χ1) is 41.0. The number of carboxylic acid groups (broad SMARTS) is 2. The first-order valence-corrected chi connectivity index (χ1v) is 28.4. The van der Waals surface area contributed by atoms with E-state index in [-0.39, 0.29) is 44.6 Å². The molecule has 0 saturated carbocycles. The van der Waals surface area contributed by atoms with Gasteiger partial charge >= 0.3 is 18.0 Å². The number of carboxylic acids is 2. The smallest absolute Gasteiger partial charge is 0.407 e. The maximum atomic E-state index is 13.9. The van der Waals surface area contributed by atoms with Crippen molar-refractivity contribution in [2.75, 3.05) is 6.54 Å². The third-order valence-electron chi connectivity index (χ3n) is 12.9. The third-order valence-corrected chi connectivity index (χ3v) is 12.9. The van der Waals surface area contributed by atoms with Crippen LogP contribution in [0.3, 0.4) is 0 Å². The van der Waals surface area contributed by atoms with Gasteiger partial charge in [0, 0.05) is 38.8 Å². The number of hydrogen-bond donors (Lipinski definition) is 13. The maximum absolute atomic E-state index is 13.9. The van der Waals surface area contributed by atoms with Crippen molar-refractivity contribution in [2.45, 2.75) is 160 Å². The van der Waals surface area contributed by atoms with Crippen molar-refractivity contribution < 1.29 is 72.8 Å². The van der Waals surface area contributed by atoms with Gasteiger partial charge in [-0.05, 0) is 81.5 Å². The number of alkyl carbamates (subject to hydrolysis) is 1. The van der Waals surface area contributed by atoms with Gasteiger partial charge in [0.2, 0.25) is 47.3 Å². The molecule has 0 aliphatic rings. The SMILES string of the molecule is CC(=O)N[C@H](C(=O)N[C@@H](CC(C)C)C(=O)N[C@@H](CC(N)=O)C(=O)N[C@@H](Cc1ccccc1)C(=O)O)[C@@H](C)O.CC(C)(C)OC(=O)N[C@H](CN[C@@H](Cc1ccccc1)C(=O)N[C@@H](CCC(=O)O)C(=O)N[C@@H](Cc1ccccc1)C(N)=O)Cc1ccccc1. The monoisotopic (exact) mass is 1210 g/mol. The van der Waals surface area contributed by atoms with Gasteiger partial charge in [0.1, 0.15) is 41.9 Å². The molecule has 0 saturated heterocycles. The number of rotatable bonds is 33. The molecule has 4 rings (SSSR count). The van der Waals surface area contributed by atoms with Crippen LogP contribution in [0.2, 0.25) is 0 Å². The Morgan fingerprint density at radius 3 is 1.33 bits per heavy atom. The number of ether oxygens (including phenoxy) is 1. The highest BCUT2D eigenvalue weighted by molar-refractivity contribution is 5.97. The van der Waals surface area contributed by atoms with Gasteiger partial charge in [0.25, 0.3) is 0 Å². The Hall–Kier alpha value is -9.23. The van der Waals surface area contributed by atoms with Gasteiger partial charge in [0.15, 0.2) is 0 Å². The second-order valence-electron chi connectivity index (χ2n) is 22.3. The van der Waals surface area contributed by atoms with Gasteiger partial charge in [-0.3, -0.25) is 43.2 Å². The van der Waals surface area contributed by atoms with Crippen molar-refractivity contribution in [3.63, 3.8) is 0 Å². The quantitative estimate of drug-likeness (QED) is 0.0321. The molecule has 0 aromatic heterocycles. The zero-order valence-electron chi connectivity index (χ0n) is 50.1. The summed E-state index contributed by atoms with van der Waals surface area (Å²) in [5.41, 5.74) is 13.3. The Balaban J connectivity index is 0.000000471. The maximum Gasteiger partial charge on any atom is 0.407 e. The summed E-state index contributed by atoms with van der Waals surface area (Å²) in [6, 6.07) is 27.1. The van der Waals surface area contributed by atoms with Crippen molar-refractivity contribution in [3.8, 4) is 0 Å². The average molecular weight is 1210 g/mol. The Kier molecular flexibility index (Phi) is 30.3. The lowest BCUT2D eigenvalue weighted by atomic mass is 10.0. The normalized spacial score (nSPS) is 14.1. The Morgan fingerprint density at radius 2 is 0.908 bits per heavy atom. The summed E-state index contributed by atoms with van der Waals surface area (Å²) >= 11 is 0. The molecule has 0 radical (unpaired) electrons. The minimum absolute atomic E-state index is 0.0466. The summed E-state index contributed by atoms with van der Waals surface area (Å²) in [6.07, 6.45) is -2.29. The largest absolute Gasteiger partial charge is 0.481 e. The number of nitrogens with two attached hydrogens (primary N) is 2. The van der Waals surface area contributed by atoms with Crippen LogP contribution in [0.4, 0.5) is 4.79 Å². The fourth-order valence-corrected chi connectivity index (χ4v) is 8.69. The summed E-state index contributed by atoms with van der Waals surface area (Å²) in [6.45, 7) is 11.5. The number of carbonyl (C=O) groups is 11. The van der Waals surface area contributed by atoms with Crippen molar-refractivity contribution >= 4 is 65.3 Å². The minimum atomic E-state index is -1.52. The van der Waals surface area contributed by atoms with Gasteiger partial charge in [-0.15, -0.1) is 0 Å². The van der Waals surface area contributed by atoms with Crippen LogP contribution < -0.4 is 54.0 Å². The summed E-state index contributed by atoms with van der Waals surface area (Å²) in [5, 5.41) is 49.7. The summed E-state index contributed by atoms with van der Waals surface area (Å²) in [4.78, 5) is 137. The molecule has 87 heavy (non-hydrogen) atoms. The fourth-order valence-electron chi connectivity index (χ4n) is 8.69. The van der Waals surface area contributed by atoms with Crippen LogP contribution in [0.15, 0.2) is 121 Å². The van der Waals surface area contributed by atoms with Crippen molar-refractivity contribution in [1.29, 1.82) is 0 Å². The molecule has 0 aliphatic carbocycles. The number of nitrogens with one attached hydrogen (secondary N) is 8. The van der Waals surface area contributed by atoms with Gasteiger partial charge < -0.3 is 74.1 Å². The molecule has 25 nitrogen and oxygen atoms in total. The van der Waals surface area contributed by atoms with E-state index in [1.807, 2.05) is 66.7 Å². The second-order valence-corrected chi connectivity index (χ2v) is 22.3. The van der Waals surface area contributed by atoms with Crippen molar-refractivity contribution in [1.82, 2.24) is 42.5 Å². The second kappa shape index (κ2) is 36.6. The molecule has 0 bridgehead atoms. The summed E-state index contributed by atoms with van der Waals surface area (Å²) in [5.74, 6) is -8.77. The summed E-state index contributed by atoms with van der Waals surface area (Å²) in [7, 11) is 0. The van der Waals surface area contributed by atoms with E-state index in [0.29, 0.717) is 12.0 Å². The van der Waals surface area contributed by atoms with E-state index in [4.69, 9.17) is 16.2 Å². The number of primary amides is 2. The highest BCUT2D eigenvalue weighted by atomic mass is 16.6. The van der Waals surface area contributed by atoms with E-state index in [0.717, 1.165) is 23.6 Å². The average Bonchev–Trinajstić information content (AvgIpc) is 3.65. The van der Waals surface area contributed by atoms with E-state index in [1.54, 1.807) is 89.2 Å². The van der Waals surface area contributed by atoms with Crippen LogP contribution in [0, 0.1) is 5.92 Å². The van der Waals surface area contributed by atoms with Gasteiger partial charge in [-0.2, -0.15) is 0 Å². The fraction of sp³-hybridized carbons (Fsp3) is 0.435. The first-order valence-electron chi connectivity index (χ1n) is 28.4. The van der Waals surface area contributed by atoms with Crippen LogP contribution >= 0.6 is 0 Å². The van der Waals surface area contributed by atoms with Gasteiger partial charge in [0.05, 0.1) is 18.6 Å². The van der Waals surface area contributed by atoms with Crippen molar-refractivity contribution in [2.24, 2.45) is 17.4 Å². The van der Waals surface area contributed by atoms with E-state index in [1.165, 1.54) is 6.92 Å². The zero-order valence-corrected chi connectivity index (χ0v) is 50.1. The molecule has 25 heteroatoms. The predicted molar refractivity (Wildman–Crippen MR) is 321 cm³/mol. The Bertz CT molecular complexity index is 2890. The predicted octanol–water partition coefficient (Wildman–Crippen LogP) is 1.46. The molecule has 0 aliphatic heterocycles. The molecule has 4 aromatic rings. The standard InChI is InChI=1S/C37H47N5O7.C25H37N5O8/c1-37(2,3)49-36(48)40-28(21-25-13-7-4-8-14-25)24-39-31(23-27-17-11-6-12-18-27)35(47)41-29(19-20-32(43)44)34(46)42-30(33(38)45)22-26-15-9-5-10-16-26;1-13(2)10-17(29-24(36)21(14(3)31)27-15(4)32)22(34)28-18(12-20(26)33)23(35)30-19(25(37)38)11-16-8-6-5-7-9-16/h4-18,28-31,39H,19-24H2,1-3H3,(H2,38,45)(H,40,48)(H,41,47)(H,42,46)(H,43,44);5-9,13-14,17-19,21,31H,10-12H2,1-4H3,(H2,26,33)(H,27,32)(H,28,34)(H,29,36)(H,30,35)(H,37,38)/t28-,29-,30-,31-;14-,17+,18+,19+,21+/m01/s1. The van der Waals surface area contributed by atoms with E-state index < -0.39 is 138 Å². The molecule has 0 heterocycles. The van der Waals surface area contributed by atoms with Crippen LogP contribution in [-0.2, 0) is 78.4 Å². The van der Waals surface area contributed by atoms with E-state index >= 15 is 0 Å². The van der Waals surface area contributed by atoms with E-state index in [2.05, 4.69) is 42.5 Å². The van der Waals surface area contributed by atoms with Gasteiger partial charge in [-0.25, -0.2) is 9.59 Å². The lowest BCUT2D eigenvalue weighted by molar-refractivity contribution is -0.142. The molecule has 0 fully saturated rings. The third kappa shape index (κ3) is 28.9. The topological polar surface area (TPSA) is 406 Å². The molecular weight excluding hydrogens is 1120 g/mol. The highest BCUT2D eigenvalue weighted by Crippen LogP contribution is 2.13. The molecule has 472 valence electrons. The number of aliphatic carboxylic acids is 2. The molecular formula is C62H84N10O15. The lowest BCUT2D eigenvalue weighted by Crippen LogP contribution is -2.59. The number of benzene rings is 4. The first kappa shape index (κ1) is 72.0. The molecule has 0 spiro atoms. The molecule has 9 atom stereocenters. The van der Waals surface area contributed by atoms with Crippen LogP contribution in [0.5, 0.6) is 0 Å². The van der Waals surface area contributed by atoms with Crippen LogP contribution in [0.25, 0.3) is 0 Å². The number of aliphatic hydroxyl groups excluding tert-OH is 1. The lowest BCUT2D eigenvalue weighted by Gasteiger charge is -2.27. The van der Waals surface area contributed by atoms with Crippen LogP contribution in [0.1, 0.15) is 96.4 Å². The Morgan fingerprint density at radius 1 is 0.506 bits per heavy atom. The summed E-state index contributed by atoms with van der Waals surface area (Å²) < 4.78 is 5.48. The molecule has 4 aromatic carbocycles. The number of hydrogen-bond acceptors (Lipinski definition) is 14. The van der Waals surface area contributed by atoms with E-state index in [9.17, 15) is 68.1 Å². The van der Waals surface area contributed by atoms with Crippen LogP contribution in [-0.4, -0.2) is 147 Å². The molecule has 15 N–H and O–H groups in total. The minimum Gasteiger partial charge on any atom is -0.481 e. The zero-order chi connectivity index (χ0) is 64.8. The highest BCUT2D eigenvalue weighted by Gasteiger charge is 2.35. The number of amides is 9. The van der Waals surface area contributed by atoms with Crippen molar-refractivity contribution in [3.05, 3.63) is 144 Å². The van der Waals surface area contributed by atoms with Gasteiger partial charge in [-0.1, -0.05) is 135 Å². The Labute approximate surface area is 506 Å². The number of carbonyl (C=O) groups excluding carboxylic acids is 9.